The van der Waals surface area contributed by atoms with Crippen LogP contribution in [-0.2, 0) is 9.31 Å². The number of hydrogen-bond acceptors (Lipinski definition) is 10. The number of halogens is 3. The van der Waals surface area contributed by atoms with Gasteiger partial charge in [0.05, 0.1) is 51.3 Å². The number of benzene rings is 2. The van der Waals surface area contributed by atoms with Crippen molar-refractivity contribution >= 4 is 88.4 Å². The number of carbonyl (C=O) groups is 2. The van der Waals surface area contributed by atoms with E-state index in [9.17, 15) is 9.59 Å². The van der Waals surface area contributed by atoms with E-state index in [4.69, 9.17) is 39.2 Å². The Morgan fingerprint density at radius 3 is 1.33 bits per heavy atom. The first kappa shape index (κ1) is 54.9. The average molecular weight is 949 g/mol. The van der Waals surface area contributed by atoms with E-state index in [-0.39, 0.29) is 0 Å². The van der Waals surface area contributed by atoms with Crippen molar-refractivity contribution in [2.75, 3.05) is 23.9 Å². The van der Waals surface area contributed by atoms with Crippen molar-refractivity contribution in [2.45, 2.75) is 130 Å². The fraction of sp³-hybridized carbons (Fsp3) is 0.632. The summed E-state index contributed by atoms with van der Waals surface area (Å²) < 4.78 is 24.2. The number of ether oxygens (including phenoxy) is 2. The maximum Gasteiger partial charge on any atom is 0.499 e. The Morgan fingerprint density at radius 2 is 1.00 bits per heavy atom. The lowest BCUT2D eigenvalue weighted by atomic mass is 9.75. The smallest absolute Gasteiger partial charge is 0.494 e. The van der Waals surface area contributed by atoms with Gasteiger partial charge >= 0.3 is 7.12 Å². The molecule has 2 aromatic carbocycles. The quantitative estimate of drug-likeness (QED) is 0.0741. The molecule has 0 amide bonds. The van der Waals surface area contributed by atoms with E-state index in [1.165, 1.54) is 0 Å². The van der Waals surface area contributed by atoms with Crippen LogP contribution < -0.4 is 14.9 Å². The van der Waals surface area contributed by atoms with Gasteiger partial charge in [0.15, 0.2) is 6.29 Å². The first-order valence-electron chi connectivity index (χ1n) is 17.4. The van der Waals surface area contributed by atoms with Crippen LogP contribution in [0.15, 0.2) is 40.9 Å². The highest BCUT2D eigenvalue weighted by Crippen LogP contribution is 2.37. The Kier molecular flexibility index (Phi) is 24.9. The summed E-state index contributed by atoms with van der Waals surface area (Å²) in [4.78, 5) is 22.0. The van der Waals surface area contributed by atoms with E-state index < -0.39 is 40.7 Å². The van der Waals surface area contributed by atoms with Crippen LogP contribution in [0.2, 0.25) is 0 Å². The minimum absolute atomic E-state index is 0.458. The molecule has 0 spiro atoms. The van der Waals surface area contributed by atoms with Crippen molar-refractivity contribution in [3.63, 3.8) is 0 Å². The lowest BCUT2D eigenvalue weighted by Crippen LogP contribution is -2.44. The normalized spacial score (nSPS) is 14.7. The molecular weight excluding hydrogens is 889 g/mol. The summed E-state index contributed by atoms with van der Waals surface area (Å²) in [6, 6.07) is 10.8. The Labute approximate surface area is 352 Å². The van der Waals surface area contributed by atoms with E-state index in [0.717, 1.165) is 46.3 Å². The number of rotatable bonds is 13. The van der Waals surface area contributed by atoms with E-state index in [2.05, 4.69) is 63.3 Å². The molecule has 1 fully saturated rings. The monoisotopic (exact) mass is 946 g/mol. The largest absolute Gasteiger partial charge is 0.499 e. The molecule has 0 unspecified atom stereocenters. The number of carbonyl (C=O) groups excluding carboxylic acids is 2. The van der Waals surface area contributed by atoms with Crippen LogP contribution in [0.1, 0.15) is 117 Å². The van der Waals surface area contributed by atoms with Gasteiger partial charge in [-0.2, -0.15) is 0 Å². The first-order valence-corrected chi connectivity index (χ1v) is 20.4. The van der Waals surface area contributed by atoms with Crippen LogP contribution in [0.4, 0.5) is 0 Å². The second kappa shape index (κ2) is 24.5. The molecule has 0 atom stereocenters. The van der Waals surface area contributed by atoms with Gasteiger partial charge in [-0.15, -0.1) is 0 Å². The zero-order valence-electron chi connectivity index (χ0n) is 34.0. The van der Waals surface area contributed by atoms with Gasteiger partial charge in [-0.1, -0.05) is 56.1 Å². The number of alkyl halides is 2. The third-order valence-corrected chi connectivity index (χ3v) is 10.9. The second-order valence-electron chi connectivity index (χ2n) is 15.3. The standard InChI is InChI=1S/C16H22BBrO4.C10H10Br2O2.2C6H14O2.B2/c1-15(2)16(3,4)22-17(21-15)14-12(11-19)7-5-8-13(14)20-10-6-9-18;11-5-2-6-14-9-4-1-3-8(7-13)10(9)12;2*1-5(2,7)6(3,4)8;1-2/h5,7-8,11H,6,9-10H2,1-4H3;1,3-4,7H,2,5-6H2;2*7-8H,1-4H3;. The van der Waals surface area contributed by atoms with E-state index in [0.29, 0.717) is 35.6 Å². The number of hydrogen-bond donors (Lipinski definition) is 4. The van der Waals surface area contributed by atoms with Crippen LogP contribution in [0, 0.1) is 0 Å². The lowest BCUT2D eigenvalue weighted by molar-refractivity contribution is -0.107. The summed E-state index contributed by atoms with van der Waals surface area (Å²) in [5, 5.41) is 38.2. The predicted octanol–water partition coefficient (Wildman–Crippen LogP) is 6.68. The van der Waals surface area contributed by atoms with Crippen molar-refractivity contribution in [3.05, 3.63) is 52.0 Å². The fourth-order valence-electron chi connectivity index (χ4n) is 3.21. The third-order valence-electron chi connectivity index (χ3n) is 8.90. The molecular formula is C38H60B3Br3O10. The van der Waals surface area contributed by atoms with Gasteiger partial charge in [-0.25, -0.2) is 0 Å². The zero-order valence-corrected chi connectivity index (χ0v) is 38.7. The summed E-state index contributed by atoms with van der Waals surface area (Å²) in [5.74, 6) is 1.36. The molecule has 2 aromatic rings. The Morgan fingerprint density at radius 1 is 0.667 bits per heavy atom. The van der Waals surface area contributed by atoms with Crippen molar-refractivity contribution in [3.8, 4) is 11.5 Å². The topological polar surface area (TPSA) is 152 Å². The molecule has 4 N–H and O–H groups in total. The van der Waals surface area contributed by atoms with Crippen LogP contribution >= 0.6 is 47.8 Å². The lowest BCUT2D eigenvalue weighted by Gasteiger charge is -2.32. The maximum atomic E-state index is 11.4. The van der Waals surface area contributed by atoms with Crippen molar-refractivity contribution in [1.29, 1.82) is 0 Å². The summed E-state index contributed by atoms with van der Waals surface area (Å²) in [6.07, 6.45) is 3.45. The van der Waals surface area contributed by atoms with Crippen molar-refractivity contribution in [1.82, 2.24) is 0 Å². The highest BCUT2D eigenvalue weighted by atomic mass is 79.9. The highest BCUT2D eigenvalue weighted by Gasteiger charge is 2.53. The molecule has 1 heterocycles. The molecule has 302 valence electrons. The molecule has 3 rings (SSSR count). The average Bonchev–Trinajstić information content (AvgIpc) is 3.27. The molecule has 54 heavy (non-hydrogen) atoms. The van der Waals surface area contributed by atoms with E-state index in [1.54, 1.807) is 73.6 Å². The second-order valence-corrected chi connectivity index (χ2v) is 17.6. The molecule has 1 aliphatic heterocycles. The molecule has 0 aliphatic carbocycles. The molecule has 16 heteroatoms. The zero-order chi connectivity index (χ0) is 42.8. The van der Waals surface area contributed by atoms with Crippen LogP contribution in [0.25, 0.3) is 0 Å². The van der Waals surface area contributed by atoms with Crippen LogP contribution in [0.5, 0.6) is 11.5 Å². The van der Waals surface area contributed by atoms with Gasteiger partial charge in [-0.05, 0) is 124 Å². The molecule has 0 bridgehead atoms. The first-order chi connectivity index (χ1) is 24.6. The number of aldehydes is 2. The maximum absolute atomic E-state index is 11.4. The summed E-state index contributed by atoms with van der Waals surface area (Å²) in [6.45, 7) is 21.8. The fourth-order valence-corrected chi connectivity index (χ4v) is 4.14. The van der Waals surface area contributed by atoms with Gasteiger partial charge in [-0.3, -0.25) is 9.59 Å². The Balaban J connectivity index is 0. The summed E-state index contributed by atoms with van der Waals surface area (Å²) >= 11 is 10.0. The van der Waals surface area contributed by atoms with Gasteiger partial charge in [0, 0.05) is 42.7 Å². The van der Waals surface area contributed by atoms with Gasteiger partial charge in [0.25, 0.3) is 0 Å². The Bertz CT molecular complexity index is 1320. The van der Waals surface area contributed by atoms with Crippen LogP contribution in [0.3, 0.4) is 0 Å². The number of aliphatic hydroxyl groups is 4. The van der Waals surface area contributed by atoms with E-state index in [1.807, 2.05) is 45.9 Å². The summed E-state index contributed by atoms with van der Waals surface area (Å²) in [5.41, 5.74) is -3.12. The van der Waals surface area contributed by atoms with Crippen molar-refractivity contribution in [2.24, 2.45) is 0 Å². The van der Waals surface area contributed by atoms with Crippen LogP contribution in [-0.4, -0.2) is 113 Å². The summed E-state index contributed by atoms with van der Waals surface area (Å²) in [7, 11) is 7.39. The van der Waals surface area contributed by atoms with Gasteiger partial charge < -0.3 is 39.2 Å². The SMILES string of the molecule is CC(C)(O)C(C)(C)O.CC(C)(O)C(C)(C)O.CC1(C)OB(c2c(C=O)cccc2OCCCBr)OC1(C)C.O=Cc1cccc(OCCCBr)c1Br.[B][B]. The highest BCUT2D eigenvalue weighted by molar-refractivity contribution is 9.10. The molecule has 1 aliphatic rings. The molecule has 0 aromatic heterocycles. The molecule has 1 saturated heterocycles. The van der Waals surface area contributed by atoms with E-state index >= 15 is 0 Å². The van der Waals surface area contributed by atoms with Crippen molar-refractivity contribution < 1.29 is 48.8 Å². The molecule has 10 nitrogen and oxygen atoms in total. The molecule has 4 radical (unpaired) electrons. The molecule has 0 saturated carbocycles. The van der Waals surface area contributed by atoms with Gasteiger partial charge in [0.1, 0.15) is 17.8 Å². The third kappa shape index (κ3) is 18.8. The minimum Gasteiger partial charge on any atom is -0.494 e. The minimum atomic E-state index is -1.01. The Hall–Kier alpha value is -1.23. The van der Waals surface area contributed by atoms with Gasteiger partial charge in [0.2, 0.25) is 0 Å². The predicted molar refractivity (Wildman–Crippen MR) is 232 cm³/mol.